The van der Waals surface area contributed by atoms with E-state index in [9.17, 15) is 0 Å². The molecule has 0 fully saturated rings. The maximum absolute atomic E-state index is 5.99. The van der Waals surface area contributed by atoms with Crippen LogP contribution in [0.1, 0.15) is 20.3 Å². The summed E-state index contributed by atoms with van der Waals surface area (Å²) in [7, 11) is 1.66. The Morgan fingerprint density at radius 3 is 2.70 bits per heavy atom. The smallest absolute Gasteiger partial charge is 0.153 e. The Morgan fingerprint density at radius 1 is 1.30 bits per heavy atom. The maximum atomic E-state index is 5.99. The van der Waals surface area contributed by atoms with E-state index < -0.39 is 0 Å². The van der Waals surface area contributed by atoms with E-state index in [4.69, 9.17) is 10.5 Å². The number of nitrogen functional groups attached to an aromatic ring is 1. The molecule has 0 atom stereocenters. The monoisotopic (exact) mass is 276 g/mol. The molecule has 1 aromatic heterocycles. The highest BCUT2D eigenvalue weighted by Crippen LogP contribution is 2.25. The zero-order valence-electron chi connectivity index (χ0n) is 12.6. The number of benzene rings is 1. The number of rotatable bonds is 7. The molecule has 0 radical (unpaired) electrons. The second-order valence-corrected chi connectivity index (χ2v) is 4.87. The van der Waals surface area contributed by atoms with E-state index in [0.29, 0.717) is 5.82 Å². The van der Waals surface area contributed by atoms with Gasteiger partial charge in [-0.05, 0) is 44.3 Å². The molecule has 5 heteroatoms. The lowest BCUT2D eigenvalue weighted by molar-refractivity contribution is 0.292. The molecule has 2 N–H and O–H groups in total. The van der Waals surface area contributed by atoms with Gasteiger partial charge in [0.2, 0.25) is 0 Å². The predicted octanol–water partition coefficient (Wildman–Crippen LogP) is 2.36. The van der Waals surface area contributed by atoms with Crippen LogP contribution in [0, 0.1) is 0 Å². The number of fused-ring (bicyclic) bond motifs is 1. The van der Waals surface area contributed by atoms with Crippen LogP contribution in [0.5, 0.6) is 5.75 Å². The van der Waals surface area contributed by atoms with E-state index in [1.807, 2.05) is 22.9 Å². The first-order valence-corrected chi connectivity index (χ1v) is 7.22. The minimum Gasteiger partial charge on any atom is -0.497 e. The Bertz CT molecular complexity index is 560. The van der Waals surface area contributed by atoms with Crippen molar-refractivity contribution in [2.75, 3.05) is 32.5 Å². The Morgan fingerprint density at radius 2 is 2.05 bits per heavy atom. The van der Waals surface area contributed by atoms with Crippen molar-refractivity contribution in [1.29, 1.82) is 0 Å². The van der Waals surface area contributed by atoms with Crippen molar-refractivity contribution >= 4 is 16.7 Å². The summed E-state index contributed by atoms with van der Waals surface area (Å²) in [6.07, 6.45) is 1.07. The molecular formula is C15H24N4O. The van der Waals surface area contributed by atoms with Gasteiger partial charge in [0.15, 0.2) is 5.82 Å². The topological polar surface area (TPSA) is 56.3 Å². The Labute approximate surface area is 120 Å². The molecule has 0 bridgehead atoms. The summed E-state index contributed by atoms with van der Waals surface area (Å²) in [6, 6.07) is 5.91. The summed E-state index contributed by atoms with van der Waals surface area (Å²) in [5, 5.41) is 5.40. The maximum Gasteiger partial charge on any atom is 0.153 e. The highest BCUT2D eigenvalue weighted by molar-refractivity contribution is 5.90. The van der Waals surface area contributed by atoms with Crippen molar-refractivity contribution in [3.8, 4) is 5.75 Å². The lowest BCUT2D eigenvalue weighted by Gasteiger charge is -2.17. The number of nitrogens with zero attached hydrogens (tertiary/aromatic N) is 3. The summed E-state index contributed by atoms with van der Waals surface area (Å²) in [5.74, 6) is 1.38. The number of aromatic nitrogens is 2. The van der Waals surface area contributed by atoms with E-state index in [2.05, 4.69) is 23.8 Å². The third-order valence-electron chi connectivity index (χ3n) is 3.72. The molecule has 0 aliphatic carbocycles. The Kier molecular flexibility index (Phi) is 4.84. The van der Waals surface area contributed by atoms with Gasteiger partial charge in [-0.2, -0.15) is 5.10 Å². The molecule has 5 nitrogen and oxygen atoms in total. The van der Waals surface area contributed by atoms with Crippen LogP contribution in [-0.2, 0) is 6.54 Å². The van der Waals surface area contributed by atoms with Crippen LogP contribution < -0.4 is 10.5 Å². The highest BCUT2D eigenvalue weighted by atomic mass is 16.5. The molecule has 0 saturated heterocycles. The van der Waals surface area contributed by atoms with Crippen LogP contribution >= 0.6 is 0 Å². The largest absolute Gasteiger partial charge is 0.497 e. The lowest BCUT2D eigenvalue weighted by Crippen LogP contribution is -2.25. The number of ether oxygens (including phenoxy) is 1. The first-order valence-electron chi connectivity index (χ1n) is 7.22. The van der Waals surface area contributed by atoms with E-state index in [0.717, 1.165) is 49.3 Å². The number of hydrogen-bond donors (Lipinski definition) is 1. The molecule has 0 saturated carbocycles. The van der Waals surface area contributed by atoms with Crippen LogP contribution in [0.15, 0.2) is 18.2 Å². The van der Waals surface area contributed by atoms with Crippen molar-refractivity contribution in [3.05, 3.63) is 18.2 Å². The van der Waals surface area contributed by atoms with E-state index >= 15 is 0 Å². The van der Waals surface area contributed by atoms with Gasteiger partial charge in [0, 0.05) is 11.9 Å². The summed E-state index contributed by atoms with van der Waals surface area (Å²) < 4.78 is 7.22. The van der Waals surface area contributed by atoms with Crippen molar-refractivity contribution in [2.24, 2.45) is 0 Å². The predicted molar refractivity (Wildman–Crippen MR) is 83.1 cm³/mol. The Hall–Kier alpha value is -1.75. The molecule has 2 rings (SSSR count). The lowest BCUT2D eigenvalue weighted by atomic mass is 10.2. The molecule has 110 valence electrons. The van der Waals surface area contributed by atoms with E-state index in [-0.39, 0.29) is 0 Å². The molecule has 0 amide bonds. The zero-order chi connectivity index (χ0) is 14.5. The average Bonchev–Trinajstić information content (AvgIpc) is 2.79. The number of aryl methyl sites for hydroxylation is 1. The summed E-state index contributed by atoms with van der Waals surface area (Å²) in [4.78, 5) is 2.41. The third-order valence-corrected chi connectivity index (χ3v) is 3.72. The second kappa shape index (κ2) is 6.61. The standard InChI is InChI=1S/C15H24N4O/c1-4-18(5-2)9-6-10-19-14-8-7-12(20-3)11-13(14)15(16)17-19/h7-8,11H,4-6,9-10H2,1-3H3,(H2,16,17). The van der Waals surface area contributed by atoms with Gasteiger partial charge in [-0.25, -0.2) is 0 Å². The van der Waals surface area contributed by atoms with Gasteiger partial charge in [-0.3, -0.25) is 4.68 Å². The Balaban J connectivity index is 2.11. The van der Waals surface area contributed by atoms with Gasteiger partial charge >= 0.3 is 0 Å². The average molecular weight is 276 g/mol. The van der Waals surface area contributed by atoms with Crippen LogP contribution in [-0.4, -0.2) is 41.4 Å². The van der Waals surface area contributed by atoms with Crippen LogP contribution in [0.4, 0.5) is 5.82 Å². The number of methoxy groups -OCH3 is 1. The van der Waals surface area contributed by atoms with E-state index in [1.54, 1.807) is 7.11 Å². The van der Waals surface area contributed by atoms with Crippen molar-refractivity contribution < 1.29 is 4.74 Å². The van der Waals surface area contributed by atoms with Crippen molar-refractivity contribution in [3.63, 3.8) is 0 Å². The van der Waals surface area contributed by atoms with Crippen molar-refractivity contribution in [1.82, 2.24) is 14.7 Å². The number of anilines is 1. The highest BCUT2D eigenvalue weighted by Gasteiger charge is 2.09. The van der Waals surface area contributed by atoms with Gasteiger partial charge in [-0.1, -0.05) is 13.8 Å². The quantitative estimate of drug-likeness (QED) is 0.843. The molecule has 0 spiro atoms. The normalized spacial score (nSPS) is 11.4. The molecule has 0 aliphatic rings. The minimum atomic E-state index is 0.571. The zero-order valence-corrected chi connectivity index (χ0v) is 12.6. The second-order valence-electron chi connectivity index (χ2n) is 4.87. The number of hydrogen-bond acceptors (Lipinski definition) is 4. The summed E-state index contributed by atoms with van der Waals surface area (Å²) >= 11 is 0. The van der Waals surface area contributed by atoms with Crippen LogP contribution in [0.25, 0.3) is 10.9 Å². The summed E-state index contributed by atoms with van der Waals surface area (Å²) in [5.41, 5.74) is 7.06. The van der Waals surface area contributed by atoms with Gasteiger partial charge in [-0.15, -0.1) is 0 Å². The minimum absolute atomic E-state index is 0.571. The third kappa shape index (κ3) is 3.04. The number of nitrogens with two attached hydrogens (primary N) is 1. The van der Waals surface area contributed by atoms with Gasteiger partial charge in [0.05, 0.1) is 12.6 Å². The molecule has 0 aliphatic heterocycles. The fourth-order valence-corrected chi connectivity index (χ4v) is 2.46. The first-order chi connectivity index (χ1) is 9.69. The van der Waals surface area contributed by atoms with Crippen LogP contribution in [0.3, 0.4) is 0 Å². The molecule has 0 unspecified atom stereocenters. The summed E-state index contributed by atoms with van der Waals surface area (Å²) in [6.45, 7) is 8.54. The fraction of sp³-hybridized carbons (Fsp3) is 0.533. The van der Waals surface area contributed by atoms with Crippen LogP contribution in [0.2, 0.25) is 0 Å². The molecule has 1 aromatic carbocycles. The van der Waals surface area contributed by atoms with Crippen molar-refractivity contribution in [2.45, 2.75) is 26.8 Å². The van der Waals surface area contributed by atoms with Gasteiger partial charge in [0.1, 0.15) is 5.75 Å². The molecule has 1 heterocycles. The van der Waals surface area contributed by atoms with E-state index in [1.165, 1.54) is 0 Å². The van der Waals surface area contributed by atoms with Gasteiger partial charge < -0.3 is 15.4 Å². The SMILES string of the molecule is CCN(CC)CCCn1nc(N)c2cc(OC)ccc21. The first kappa shape index (κ1) is 14.7. The molecule has 2 aromatic rings. The molecular weight excluding hydrogens is 252 g/mol. The van der Waals surface area contributed by atoms with Gasteiger partial charge in [0.25, 0.3) is 0 Å². The fourth-order valence-electron chi connectivity index (χ4n) is 2.46. The molecule has 20 heavy (non-hydrogen) atoms.